The van der Waals surface area contributed by atoms with Crippen molar-refractivity contribution in [1.82, 2.24) is 10.2 Å². The summed E-state index contributed by atoms with van der Waals surface area (Å²) in [5.41, 5.74) is 0. The molecule has 0 aromatic heterocycles. The minimum atomic E-state index is 0.505. The molecule has 1 aliphatic carbocycles. The molecule has 3 nitrogen and oxygen atoms in total. The summed E-state index contributed by atoms with van der Waals surface area (Å²) >= 11 is 0. The monoisotopic (exact) mass is 268 g/mol. The summed E-state index contributed by atoms with van der Waals surface area (Å²) in [4.78, 5) is 2.80. The molecule has 1 N–H and O–H groups in total. The first-order chi connectivity index (χ1) is 9.35. The molecule has 0 bridgehead atoms. The van der Waals surface area contributed by atoms with Crippen molar-refractivity contribution in [2.45, 2.75) is 76.5 Å². The number of nitrogens with zero attached hydrogens (tertiary/aromatic N) is 1. The van der Waals surface area contributed by atoms with E-state index in [1.165, 1.54) is 64.5 Å². The second-order valence-electron chi connectivity index (χ2n) is 6.27. The molecule has 1 saturated heterocycles. The Balaban J connectivity index is 1.86. The lowest BCUT2D eigenvalue weighted by Gasteiger charge is -2.44. The van der Waals surface area contributed by atoms with Gasteiger partial charge in [-0.3, -0.25) is 4.90 Å². The quantitative estimate of drug-likeness (QED) is 0.750. The Morgan fingerprint density at radius 2 is 2.05 bits per heavy atom. The van der Waals surface area contributed by atoms with E-state index in [-0.39, 0.29) is 0 Å². The van der Waals surface area contributed by atoms with Crippen LogP contribution in [0.15, 0.2) is 0 Å². The standard InChI is InChI=1S/C16H32N2O/c1-3-10-17-13-15-7-4-5-11-18(15)14-8-6-9-16(12-14)19-2/h14-17H,3-13H2,1-2H3. The van der Waals surface area contributed by atoms with Crippen LogP contribution in [0.25, 0.3) is 0 Å². The van der Waals surface area contributed by atoms with Gasteiger partial charge in [-0.05, 0) is 58.0 Å². The molecule has 0 aromatic rings. The minimum Gasteiger partial charge on any atom is -0.381 e. The molecule has 3 heteroatoms. The van der Waals surface area contributed by atoms with Crippen molar-refractivity contribution in [3.8, 4) is 0 Å². The Kier molecular flexibility index (Phi) is 6.62. The molecule has 0 spiro atoms. The van der Waals surface area contributed by atoms with Crippen LogP contribution >= 0.6 is 0 Å². The van der Waals surface area contributed by atoms with E-state index in [2.05, 4.69) is 17.1 Å². The van der Waals surface area contributed by atoms with E-state index in [0.717, 1.165) is 18.6 Å². The van der Waals surface area contributed by atoms with Gasteiger partial charge in [0.25, 0.3) is 0 Å². The lowest BCUT2D eigenvalue weighted by Crippen LogP contribution is -2.52. The average Bonchev–Trinajstić information content (AvgIpc) is 2.48. The zero-order chi connectivity index (χ0) is 13.5. The zero-order valence-corrected chi connectivity index (χ0v) is 12.9. The van der Waals surface area contributed by atoms with Gasteiger partial charge in [0.1, 0.15) is 0 Å². The Labute approximate surface area is 119 Å². The first-order valence-corrected chi connectivity index (χ1v) is 8.34. The van der Waals surface area contributed by atoms with Gasteiger partial charge in [0.2, 0.25) is 0 Å². The van der Waals surface area contributed by atoms with Crippen molar-refractivity contribution in [2.24, 2.45) is 0 Å². The summed E-state index contributed by atoms with van der Waals surface area (Å²) in [6, 6.07) is 1.54. The molecule has 1 heterocycles. The molecule has 0 amide bonds. The van der Waals surface area contributed by atoms with Crippen molar-refractivity contribution in [3.63, 3.8) is 0 Å². The highest BCUT2D eigenvalue weighted by Crippen LogP contribution is 2.29. The van der Waals surface area contributed by atoms with Crippen molar-refractivity contribution < 1.29 is 4.74 Å². The van der Waals surface area contributed by atoms with E-state index in [9.17, 15) is 0 Å². The molecule has 2 rings (SSSR count). The SMILES string of the molecule is CCCNCC1CCCCN1C1CCCC(OC)C1. The van der Waals surface area contributed by atoms with E-state index in [1.54, 1.807) is 0 Å². The Morgan fingerprint density at radius 1 is 1.16 bits per heavy atom. The van der Waals surface area contributed by atoms with Crippen molar-refractivity contribution in [2.75, 3.05) is 26.7 Å². The van der Waals surface area contributed by atoms with E-state index in [0.29, 0.717) is 6.10 Å². The summed E-state index contributed by atoms with van der Waals surface area (Å²) in [5.74, 6) is 0. The average molecular weight is 268 g/mol. The smallest absolute Gasteiger partial charge is 0.0586 e. The predicted octanol–water partition coefficient (Wildman–Crippen LogP) is 2.80. The van der Waals surface area contributed by atoms with E-state index >= 15 is 0 Å². The molecule has 112 valence electrons. The van der Waals surface area contributed by atoms with Crippen LogP contribution in [0.1, 0.15) is 58.3 Å². The van der Waals surface area contributed by atoms with Gasteiger partial charge in [-0.2, -0.15) is 0 Å². The lowest BCUT2D eigenvalue weighted by molar-refractivity contribution is 0.00408. The third-order valence-electron chi connectivity index (χ3n) is 4.88. The normalized spacial score (nSPS) is 33.5. The third-order valence-corrected chi connectivity index (χ3v) is 4.88. The van der Waals surface area contributed by atoms with Gasteiger partial charge in [0.05, 0.1) is 6.10 Å². The number of methoxy groups -OCH3 is 1. The topological polar surface area (TPSA) is 24.5 Å². The maximum atomic E-state index is 5.60. The van der Waals surface area contributed by atoms with E-state index in [4.69, 9.17) is 4.74 Å². The van der Waals surface area contributed by atoms with Crippen LogP contribution in [0.2, 0.25) is 0 Å². The highest BCUT2D eigenvalue weighted by Gasteiger charge is 2.32. The number of likely N-dealkylation sites (tertiary alicyclic amines) is 1. The Hall–Kier alpha value is -0.120. The molecule has 1 aliphatic heterocycles. The zero-order valence-electron chi connectivity index (χ0n) is 12.9. The van der Waals surface area contributed by atoms with Crippen molar-refractivity contribution >= 4 is 0 Å². The van der Waals surface area contributed by atoms with Crippen LogP contribution in [0, 0.1) is 0 Å². The van der Waals surface area contributed by atoms with Gasteiger partial charge < -0.3 is 10.1 Å². The molecule has 19 heavy (non-hydrogen) atoms. The number of hydrogen-bond acceptors (Lipinski definition) is 3. The molecule has 3 atom stereocenters. The molecule has 0 aromatic carbocycles. The van der Waals surface area contributed by atoms with E-state index in [1.807, 2.05) is 7.11 Å². The van der Waals surface area contributed by atoms with Crippen molar-refractivity contribution in [1.29, 1.82) is 0 Å². The summed E-state index contributed by atoms with van der Waals surface area (Å²) in [6.45, 7) is 5.90. The maximum absolute atomic E-state index is 5.60. The van der Waals surface area contributed by atoms with Gasteiger partial charge in [-0.15, -0.1) is 0 Å². The largest absolute Gasteiger partial charge is 0.381 e. The Morgan fingerprint density at radius 3 is 2.84 bits per heavy atom. The third kappa shape index (κ3) is 4.44. The van der Waals surface area contributed by atoms with Gasteiger partial charge in [0.15, 0.2) is 0 Å². The summed E-state index contributed by atoms with van der Waals surface area (Å²) in [6.07, 6.45) is 11.2. The van der Waals surface area contributed by atoms with Gasteiger partial charge in [-0.25, -0.2) is 0 Å². The second-order valence-corrected chi connectivity index (χ2v) is 6.27. The summed E-state index contributed by atoms with van der Waals surface area (Å²) in [5, 5.41) is 3.63. The first-order valence-electron chi connectivity index (χ1n) is 8.34. The summed E-state index contributed by atoms with van der Waals surface area (Å²) < 4.78 is 5.60. The molecule has 0 radical (unpaired) electrons. The van der Waals surface area contributed by atoms with Crippen molar-refractivity contribution in [3.05, 3.63) is 0 Å². The number of ether oxygens (including phenoxy) is 1. The maximum Gasteiger partial charge on any atom is 0.0586 e. The molecule has 2 fully saturated rings. The molecular weight excluding hydrogens is 236 g/mol. The number of rotatable bonds is 6. The fourth-order valence-corrected chi connectivity index (χ4v) is 3.80. The second kappa shape index (κ2) is 8.23. The summed E-state index contributed by atoms with van der Waals surface area (Å²) in [7, 11) is 1.88. The fourth-order valence-electron chi connectivity index (χ4n) is 3.80. The van der Waals surface area contributed by atoms with Crippen LogP contribution in [-0.2, 0) is 4.74 Å². The minimum absolute atomic E-state index is 0.505. The van der Waals surface area contributed by atoms with Gasteiger partial charge in [0, 0.05) is 25.7 Å². The Bertz CT molecular complexity index is 247. The van der Waals surface area contributed by atoms with Crippen LogP contribution in [0.5, 0.6) is 0 Å². The number of nitrogens with one attached hydrogen (secondary N) is 1. The molecule has 3 unspecified atom stereocenters. The number of hydrogen-bond donors (Lipinski definition) is 1. The molecule has 2 aliphatic rings. The highest BCUT2D eigenvalue weighted by molar-refractivity contribution is 4.88. The van der Waals surface area contributed by atoms with Crippen LogP contribution in [0.4, 0.5) is 0 Å². The molecular formula is C16H32N2O. The molecule has 1 saturated carbocycles. The fraction of sp³-hybridized carbons (Fsp3) is 1.00. The van der Waals surface area contributed by atoms with Gasteiger partial charge in [-0.1, -0.05) is 13.3 Å². The lowest BCUT2D eigenvalue weighted by atomic mass is 9.88. The van der Waals surface area contributed by atoms with Crippen LogP contribution in [0.3, 0.4) is 0 Å². The first kappa shape index (κ1) is 15.3. The predicted molar refractivity (Wildman–Crippen MR) is 80.6 cm³/mol. The van der Waals surface area contributed by atoms with Crippen LogP contribution in [-0.4, -0.2) is 49.8 Å². The van der Waals surface area contributed by atoms with E-state index < -0.39 is 0 Å². The van der Waals surface area contributed by atoms with Gasteiger partial charge >= 0.3 is 0 Å². The number of piperidine rings is 1. The highest BCUT2D eigenvalue weighted by atomic mass is 16.5. The van der Waals surface area contributed by atoms with Crippen LogP contribution < -0.4 is 5.32 Å².